The molecule has 1 amide bonds. The Morgan fingerprint density at radius 2 is 2.11 bits per heavy atom. The fourth-order valence-electron chi connectivity index (χ4n) is 1.76. The number of aliphatic imine (C=N–C) groups is 1. The van der Waals surface area contributed by atoms with E-state index < -0.39 is 17.1 Å². The van der Waals surface area contributed by atoms with Crippen molar-refractivity contribution >= 4 is 18.3 Å². The van der Waals surface area contributed by atoms with Crippen LogP contribution in [0.5, 0.6) is 0 Å². The van der Waals surface area contributed by atoms with Gasteiger partial charge < -0.3 is 9.47 Å². The second-order valence-corrected chi connectivity index (χ2v) is 5.55. The molecule has 0 N–H and O–H groups in total. The predicted octanol–water partition coefficient (Wildman–Crippen LogP) is 2.75. The largest absolute Gasteiger partial charge is 0.465 e. The van der Waals surface area contributed by atoms with Crippen LogP contribution in [0.25, 0.3) is 0 Å². The van der Waals surface area contributed by atoms with E-state index in [4.69, 9.17) is 9.47 Å². The van der Waals surface area contributed by atoms with E-state index in [0.717, 1.165) is 0 Å². The van der Waals surface area contributed by atoms with E-state index >= 15 is 0 Å². The lowest BCUT2D eigenvalue weighted by Gasteiger charge is -2.17. The van der Waals surface area contributed by atoms with Gasteiger partial charge in [0.1, 0.15) is 11.0 Å². The van der Waals surface area contributed by atoms with Crippen LogP contribution < -0.4 is 0 Å². The van der Waals surface area contributed by atoms with Gasteiger partial charge in [-0.1, -0.05) is 6.08 Å². The van der Waals surface area contributed by atoms with E-state index in [-0.39, 0.29) is 11.9 Å². The van der Waals surface area contributed by atoms with Crippen LogP contribution in [0.1, 0.15) is 34.1 Å². The fraction of sp³-hybridized carbons (Fsp3) is 0.643. The molecule has 0 unspecified atom stereocenters. The molecule has 2 atom stereocenters. The van der Waals surface area contributed by atoms with Crippen molar-refractivity contribution in [3.8, 4) is 0 Å². The first kappa shape index (κ1) is 15.4. The van der Waals surface area contributed by atoms with Crippen LogP contribution in [0.4, 0.5) is 4.79 Å². The average Bonchev–Trinajstić information content (AvgIpc) is 2.99. The van der Waals surface area contributed by atoms with Crippen molar-refractivity contribution < 1.29 is 19.1 Å². The second kappa shape index (κ2) is 5.55. The first-order chi connectivity index (χ1) is 8.75. The predicted molar refractivity (Wildman–Crippen MR) is 72.1 cm³/mol. The molecular formula is C14H21NO4. The smallest absolute Gasteiger partial charge is 0.433 e. The lowest BCUT2D eigenvalue weighted by Crippen LogP contribution is -2.25. The Morgan fingerprint density at radius 3 is 2.53 bits per heavy atom. The van der Waals surface area contributed by atoms with Gasteiger partial charge >= 0.3 is 12.1 Å². The molecule has 19 heavy (non-hydrogen) atoms. The molecule has 0 aromatic carbocycles. The summed E-state index contributed by atoms with van der Waals surface area (Å²) in [5.41, 5.74) is -1.44. The molecule has 5 heteroatoms. The Hall–Kier alpha value is -1.65. The van der Waals surface area contributed by atoms with Gasteiger partial charge in [-0.05, 0) is 40.0 Å². The summed E-state index contributed by atoms with van der Waals surface area (Å²) in [6, 6.07) is 0. The van der Waals surface area contributed by atoms with Crippen LogP contribution in [-0.4, -0.2) is 30.5 Å². The molecule has 1 aliphatic carbocycles. The molecule has 0 heterocycles. The number of ether oxygens (including phenoxy) is 2. The SMILES string of the molecule is C=C[C@H]1C[C@@]1(C=NC(=O)OC(C)(C)C)C(=O)OCC. The summed E-state index contributed by atoms with van der Waals surface area (Å²) >= 11 is 0. The average molecular weight is 267 g/mol. The van der Waals surface area contributed by atoms with Crippen molar-refractivity contribution in [2.75, 3.05) is 6.61 Å². The first-order valence-corrected chi connectivity index (χ1v) is 6.33. The molecule has 1 aliphatic rings. The third kappa shape index (κ3) is 3.91. The van der Waals surface area contributed by atoms with Crippen molar-refractivity contribution in [2.45, 2.75) is 39.7 Å². The molecule has 0 spiro atoms. The molecule has 1 fully saturated rings. The number of esters is 1. The highest BCUT2D eigenvalue weighted by Crippen LogP contribution is 2.52. The molecule has 106 valence electrons. The number of amides is 1. The summed E-state index contributed by atoms with van der Waals surface area (Å²) in [5, 5.41) is 0. The van der Waals surface area contributed by atoms with Crippen molar-refractivity contribution in [1.82, 2.24) is 0 Å². The molecule has 5 nitrogen and oxygen atoms in total. The number of allylic oxidation sites excluding steroid dienone is 1. The highest BCUT2D eigenvalue weighted by molar-refractivity contribution is 6.02. The quantitative estimate of drug-likeness (QED) is 0.446. The molecule has 0 saturated heterocycles. The minimum absolute atomic E-state index is 0.0299. The maximum Gasteiger partial charge on any atom is 0.433 e. The van der Waals surface area contributed by atoms with Crippen molar-refractivity contribution in [3.63, 3.8) is 0 Å². The van der Waals surface area contributed by atoms with E-state index in [1.54, 1.807) is 33.8 Å². The van der Waals surface area contributed by atoms with Crippen LogP contribution >= 0.6 is 0 Å². The minimum Gasteiger partial charge on any atom is -0.465 e. The molecule has 0 aromatic rings. The number of rotatable bonds is 4. The molecule has 1 saturated carbocycles. The summed E-state index contributed by atoms with van der Waals surface area (Å²) in [5.74, 6) is -0.398. The number of nitrogens with zero attached hydrogens (tertiary/aromatic N) is 1. The number of carbonyl (C=O) groups excluding carboxylic acids is 2. The maximum absolute atomic E-state index is 11.9. The van der Waals surface area contributed by atoms with Crippen molar-refractivity contribution in [3.05, 3.63) is 12.7 Å². The van der Waals surface area contributed by atoms with Gasteiger partial charge in [0.05, 0.1) is 6.61 Å². The third-order valence-corrected chi connectivity index (χ3v) is 2.79. The lowest BCUT2D eigenvalue weighted by atomic mass is 10.1. The van der Waals surface area contributed by atoms with Crippen LogP contribution in [0.2, 0.25) is 0 Å². The van der Waals surface area contributed by atoms with Crippen LogP contribution in [0, 0.1) is 11.3 Å². The van der Waals surface area contributed by atoms with E-state index in [9.17, 15) is 9.59 Å². The summed E-state index contributed by atoms with van der Waals surface area (Å²) in [4.78, 5) is 27.1. The van der Waals surface area contributed by atoms with E-state index in [2.05, 4.69) is 11.6 Å². The van der Waals surface area contributed by atoms with E-state index in [0.29, 0.717) is 13.0 Å². The summed E-state index contributed by atoms with van der Waals surface area (Å²) in [6.07, 6.45) is 2.89. The molecule has 1 rings (SSSR count). The number of hydrogen-bond acceptors (Lipinski definition) is 4. The summed E-state index contributed by atoms with van der Waals surface area (Å²) in [7, 11) is 0. The van der Waals surface area contributed by atoms with Gasteiger partial charge in [0.25, 0.3) is 0 Å². The van der Waals surface area contributed by atoms with Gasteiger partial charge in [-0.15, -0.1) is 6.58 Å². The molecule has 0 bridgehead atoms. The zero-order valence-corrected chi connectivity index (χ0v) is 11.9. The minimum atomic E-state index is -0.839. The van der Waals surface area contributed by atoms with E-state index in [1.165, 1.54) is 6.21 Å². The second-order valence-electron chi connectivity index (χ2n) is 5.55. The summed E-state index contributed by atoms with van der Waals surface area (Å²) in [6.45, 7) is 11.0. The molecule has 0 radical (unpaired) electrons. The highest BCUT2D eigenvalue weighted by atomic mass is 16.6. The number of hydrogen-bond donors (Lipinski definition) is 0. The van der Waals surface area contributed by atoms with Gasteiger partial charge in [0.2, 0.25) is 0 Å². The van der Waals surface area contributed by atoms with Gasteiger partial charge in [0, 0.05) is 6.21 Å². The monoisotopic (exact) mass is 267 g/mol. The number of carbonyl (C=O) groups is 2. The summed E-state index contributed by atoms with van der Waals surface area (Å²) < 4.78 is 10.1. The maximum atomic E-state index is 11.9. The molecule has 0 aliphatic heterocycles. The standard InChI is InChI=1S/C14H21NO4/c1-6-10-8-14(10,11(16)18-7-2)9-15-12(17)19-13(3,4)5/h6,9-10H,1,7-8H2,2-5H3/t10-,14-/m0/s1. The van der Waals surface area contributed by atoms with Crippen molar-refractivity contribution in [1.29, 1.82) is 0 Å². The van der Waals surface area contributed by atoms with Gasteiger partial charge in [-0.2, -0.15) is 4.99 Å². The molecule has 0 aromatic heterocycles. The first-order valence-electron chi connectivity index (χ1n) is 6.33. The Bertz CT molecular complexity index is 408. The topological polar surface area (TPSA) is 65.0 Å². The Morgan fingerprint density at radius 1 is 1.47 bits per heavy atom. The van der Waals surface area contributed by atoms with E-state index in [1.807, 2.05) is 0 Å². The van der Waals surface area contributed by atoms with Crippen molar-refractivity contribution in [2.24, 2.45) is 16.3 Å². The fourth-order valence-corrected chi connectivity index (χ4v) is 1.76. The zero-order valence-electron chi connectivity index (χ0n) is 11.9. The lowest BCUT2D eigenvalue weighted by molar-refractivity contribution is -0.147. The normalized spacial score (nSPS) is 26.0. The Balaban J connectivity index is 2.73. The van der Waals surface area contributed by atoms with Crippen LogP contribution in [0.15, 0.2) is 17.6 Å². The van der Waals surface area contributed by atoms with Gasteiger partial charge in [-0.3, -0.25) is 4.79 Å². The third-order valence-electron chi connectivity index (χ3n) is 2.79. The zero-order chi connectivity index (χ0) is 14.7. The van der Waals surface area contributed by atoms with Crippen LogP contribution in [0.3, 0.4) is 0 Å². The van der Waals surface area contributed by atoms with Crippen LogP contribution in [-0.2, 0) is 14.3 Å². The highest BCUT2D eigenvalue weighted by Gasteiger charge is 2.59. The molecular weight excluding hydrogens is 246 g/mol. The van der Waals surface area contributed by atoms with Gasteiger partial charge in [0.15, 0.2) is 0 Å². The van der Waals surface area contributed by atoms with Gasteiger partial charge in [-0.25, -0.2) is 4.79 Å². The Labute approximate surface area is 113 Å². The Kier molecular flexibility index (Phi) is 4.50.